The van der Waals surface area contributed by atoms with E-state index in [1.165, 1.54) is 14.2 Å². The number of allylic oxidation sites excluding steroid dienone is 1. The van der Waals surface area contributed by atoms with Crippen molar-refractivity contribution in [2.45, 2.75) is 58.2 Å². The van der Waals surface area contributed by atoms with Gasteiger partial charge in [-0.15, -0.1) is 0 Å². The highest BCUT2D eigenvalue weighted by atomic mass is 28.3. The van der Waals surface area contributed by atoms with Gasteiger partial charge < -0.3 is 9.47 Å². The van der Waals surface area contributed by atoms with Crippen LogP contribution in [0.15, 0.2) is 11.8 Å². The van der Waals surface area contributed by atoms with Crippen LogP contribution in [0.2, 0.25) is 18.1 Å². The minimum absolute atomic E-state index is 0.137. The molecule has 0 saturated heterocycles. The van der Waals surface area contributed by atoms with Crippen molar-refractivity contribution < 1.29 is 19.1 Å². The normalized spacial score (nSPS) is 21.9. The van der Waals surface area contributed by atoms with E-state index in [-0.39, 0.29) is 11.0 Å². The summed E-state index contributed by atoms with van der Waals surface area (Å²) in [5.41, 5.74) is 1.10. The summed E-state index contributed by atoms with van der Waals surface area (Å²) in [5.74, 6) is -1.08. The molecule has 0 aromatic carbocycles. The lowest BCUT2D eigenvalue weighted by molar-refractivity contribution is -0.170. The van der Waals surface area contributed by atoms with Gasteiger partial charge >= 0.3 is 11.9 Å². The zero-order valence-electron chi connectivity index (χ0n) is 15.0. The molecule has 1 rings (SSSR count). The van der Waals surface area contributed by atoms with Crippen molar-refractivity contribution in [2.24, 2.45) is 11.3 Å². The molecule has 0 aromatic rings. The topological polar surface area (TPSA) is 52.6 Å². The van der Waals surface area contributed by atoms with E-state index < -0.39 is 25.4 Å². The van der Waals surface area contributed by atoms with Crippen LogP contribution in [0.1, 0.15) is 40.0 Å². The van der Waals surface area contributed by atoms with Gasteiger partial charge in [-0.05, 0) is 17.9 Å². The molecule has 1 fully saturated rings. The fraction of sp³-hybridized carbons (Fsp3) is 0.765. The van der Waals surface area contributed by atoms with E-state index in [9.17, 15) is 9.59 Å². The molecule has 1 atom stereocenters. The van der Waals surface area contributed by atoms with E-state index in [0.29, 0.717) is 6.42 Å². The number of ether oxygens (including phenoxy) is 2. The fourth-order valence-corrected chi connectivity index (χ4v) is 4.07. The predicted molar refractivity (Wildman–Crippen MR) is 90.1 cm³/mol. The highest BCUT2D eigenvalue weighted by Gasteiger charge is 2.56. The molecule has 0 N–H and O–H groups in total. The first-order valence-corrected chi connectivity index (χ1v) is 11.0. The van der Waals surface area contributed by atoms with Crippen LogP contribution in [-0.2, 0) is 19.1 Å². The molecule has 1 saturated carbocycles. The number of esters is 2. The Bertz CT molecular complexity index is 444. The Morgan fingerprint density at radius 3 is 2.05 bits per heavy atom. The Morgan fingerprint density at radius 2 is 1.64 bits per heavy atom. The molecule has 0 spiro atoms. The molecule has 0 radical (unpaired) electrons. The molecule has 0 aromatic heterocycles. The number of methoxy groups -OCH3 is 2. The maximum Gasteiger partial charge on any atom is 0.323 e. The summed E-state index contributed by atoms with van der Waals surface area (Å²) in [5, 5.41) is 0.224. The van der Waals surface area contributed by atoms with Crippen LogP contribution in [0.5, 0.6) is 0 Å². The van der Waals surface area contributed by atoms with Crippen LogP contribution in [0.4, 0.5) is 0 Å². The van der Waals surface area contributed by atoms with Crippen LogP contribution in [0, 0.1) is 11.3 Å². The van der Waals surface area contributed by atoms with Crippen molar-refractivity contribution in [1.82, 2.24) is 0 Å². The molecule has 1 aliphatic carbocycles. The summed E-state index contributed by atoms with van der Waals surface area (Å²) < 4.78 is 9.86. The first-order chi connectivity index (χ1) is 10.0. The van der Waals surface area contributed by atoms with Gasteiger partial charge in [0.25, 0.3) is 0 Å². The van der Waals surface area contributed by atoms with Crippen LogP contribution in [0.25, 0.3) is 0 Å². The third-order valence-electron chi connectivity index (χ3n) is 5.50. The molecular formula is C17H30O4Si. The second-order valence-electron chi connectivity index (χ2n) is 7.78. The molecule has 5 heteroatoms. The van der Waals surface area contributed by atoms with Crippen molar-refractivity contribution in [3.8, 4) is 0 Å². The Hall–Kier alpha value is -1.10. The van der Waals surface area contributed by atoms with Gasteiger partial charge in [-0.2, -0.15) is 0 Å². The first-order valence-electron chi connectivity index (χ1n) is 7.89. The molecule has 1 aliphatic rings. The molecule has 4 nitrogen and oxygen atoms in total. The molecule has 0 aliphatic heterocycles. The van der Waals surface area contributed by atoms with Crippen molar-refractivity contribution >= 4 is 20.0 Å². The van der Waals surface area contributed by atoms with Gasteiger partial charge in [0.05, 0.1) is 22.3 Å². The largest absolute Gasteiger partial charge is 0.468 e. The second-order valence-corrected chi connectivity index (χ2v) is 13.1. The standard InChI is InChI=1S/C17H30O4Si/c1-16(2,3)22(6,7)12-10-13-9-8-11-17(13,14(18)20-4)15(19)21-5/h10,12-13H,8-9,11H2,1-7H3/b12-10+/t13-/m0/s1. The molecule has 126 valence electrons. The van der Waals surface area contributed by atoms with Crippen LogP contribution in [-0.4, -0.2) is 34.2 Å². The van der Waals surface area contributed by atoms with Crippen molar-refractivity contribution in [3.63, 3.8) is 0 Å². The average Bonchev–Trinajstić information content (AvgIpc) is 2.87. The molecule has 0 amide bonds. The van der Waals surface area contributed by atoms with E-state index in [1.54, 1.807) is 0 Å². The summed E-state index contributed by atoms with van der Waals surface area (Å²) in [6.07, 6.45) is 4.23. The van der Waals surface area contributed by atoms with Gasteiger partial charge in [0, 0.05) is 5.92 Å². The Labute approximate surface area is 135 Å². The molecular weight excluding hydrogens is 296 g/mol. The SMILES string of the molecule is COC(=O)C1(C(=O)OC)CCC[C@H]1/C=C/[Si](C)(C)C(C)(C)C. The monoisotopic (exact) mass is 326 g/mol. The van der Waals surface area contributed by atoms with Crippen LogP contribution >= 0.6 is 0 Å². The van der Waals surface area contributed by atoms with Gasteiger partial charge in [0.15, 0.2) is 5.41 Å². The smallest absolute Gasteiger partial charge is 0.323 e. The lowest BCUT2D eigenvalue weighted by atomic mass is 9.77. The number of rotatable bonds is 4. The third-order valence-corrected chi connectivity index (χ3v) is 10.4. The third kappa shape index (κ3) is 3.29. The minimum Gasteiger partial charge on any atom is -0.468 e. The minimum atomic E-state index is -1.61. The van der Waals surface area contributed by atoms with Gasteiger partial charge in [-0.1, -0.05) is 52.1 Å². The van der Waals surface area contributed by atoms with Crippen molar-refractivity contribution in [1.29, 1.82) is 0 Å². The summed E-state index contributed by atoms with van der Waals surface area (Å²) in [7, 11) is 1.06. The zero-order valence-corrected chi connectivity index (χ0v) is 16.0. The van der Waals surface area contributed by atoms with Gasteiger partial charge in [0.1, 0.15) is 0 Å². The predicted octanol–water partition coefficient (Wildman–Crippen LogP) is 3.72. The molecule has 0 heterocycles. The number of carbonyl (C=O) groups is 2. The highest BCUT2D eigenvalue weighted by Crippen LogP contribution is 2.47. The quantitative estimate of drug-likeness (QED) is 0.449. The van der Waals surface area contributed by atoms with E-state index in [1.807, 2.05) is 0 Å². The van der Waals surface area contributed by atoms with Crippen LogP contribution in [0.3, 0.4) is 0 Å². The first kappa shape index (κ1) is 18.9. The molecule has 22 heavy (non-hydrogen) atoms. The summed E-state index contributed by atoms with van der Waals surface area (Å²) in [4.78, 5) is 24.6. The molecule has 0 unspecified atom stereocenters. The zero-order chi connectivity index (χ0) is 17.2. The Morgan fingerprint density at radius 1 is 1.14 bits per heavy atom. The maximum atomic E-state index is 12.3. The number of hydrogen-bond acceptors (Lipinski definition) is 4. The summed E-state index contributed by atoms with van der Waals surface area (Å²) in [6.45, 7) is 11.3. The number of hydrogen-bond donors (Lipinski definition) is 0. The van der Waals surface area contributed by atoms with Gasteiger partial charge in [-0.25, -0.2) is 0 Å². The highest BCUT2D eigenvalue weighted by molar-refractivity contribution is 6.84. The second kappa shape index (κ2) is 6.57. The van der Waals surface area contributed by atoms with E-state index in [4.69, 9.17) is 9.47 Å². The molecule has 0 bridgehead atoms. The Kier molecular flexibility index (Phi) is 5.65. The summed E-state index contributed by atoms with van der Waals surface area (Å²) >= 11 is 0. The van der Waals surface area contributed by atoms with E-state index in [0.717, 1.165) is 12.8 Å². The number of carbonyl (C=O) groups excluding carboxylic acids is 2. The Balaban J connectivity index is 3.17. The van der Waals surface area contributed by atoms with Gasteiger partial charge in [-0.3, -0.25) is 9.59 Å². The lowest BCUT2D eigenvalue weighted by Crippen LogP contribution is -2.44. The lowest BCUT2D eigenvalue weighted by Gasteiger charge is -2.35. The maximum absolute atomic E-state index is 12.3. The van der Waals surface area contributed by atoms with Crippen LogP contribution < -0.4 is 0 Å². The summed E-state index contributed by atoms with van der Waals surface area (Å²) in [6, 6.07) is 0. The fourth-order valence-electron chi connectivity index (χ4n) is 2.85. The van der Waals surface area contributed by atoms with Gasteiger partial charge in [0.2, 0.25) is 0 Å². The van der Waals surface area contributed by atoms with E-state index >= 15 is 0 Å². The van der Waals surface area contributed by atoms with Crippen molar-refractivity contribution in [3.05, 3.63) is 11.8 Å². The average molecular weight is 327 g/mol. The van der Waals surface area contributed by atoms with E-state index in [2.05, 4.69) is 45.6 Å². The van der Waals surface area contributed by atoms with Crippen molar-refractivity contribution in [2.75, 3.05) is 14.2 Å².